The van der Waals surface area contributed by atoms with Gasteiger partial charge in [-0.15, -0.1) is 5.10 Å². The van der Waals surface area contributed by atoms with Gasteiger partial charge in [0, 0.05) is 6.54 Å². The summed E-state index contributed by atoms with van der Waals surface area (Å²) in [4.78, 5) is 11.8. The summed E-state index contributed by atoms with van der Waals surface area (Å²) in [6.07, 6.45) is -0.561. The van der Waals surface area contributed by atoms with E-state index in [1.54, 1.807) is 0 Å². The van der Waals surface area contributed by atoms with Gasteiger partial charge in [-0.2, -0.15) is 4.31 Å². The van der Waals surface area contributed by atoms with Crippen molar-refractivity contribution in [3.05, 3.63) is 30.1 Å². The second-order valence-corrected chi connectivity index (χ2v) is 7.74. The van der Waals surface area contributed by atoms with Crippen LogP contribution in [0.2, 0.25) is 0 Å². The number of carbonyl (C=O) groups excluding carboxylic acids is 1. The number of hydrogen-bond donors (Lipinski definition) is 4. The maximum absolute atomic E-state index is 12.9. The number of rotatable bonds is 6. The van der Waals surface area contributed by atoms with Crippen LogP contribution in [0.3, 0.4) is 0 Å². The van der Waals surface area contributed by atoms with Crippen LogP contribution in [-0.2, 0) is 21.4 Å². The zero-order valence-corrected chi connectivity index (χ0v) is 14.8. The molecule has 1 unspecified atom stereocenters. The molecule has 1 aromatic carbocycles. The molecule has 13 heteroatoms. The van der Waals surface area contributed by atoms with Crippen LogP contribution < -0.4 is 10.2 Å². The van der Waals surface area contributed by atoms with E-state index < -0.39 is 28.1 Å². The number of nitrogens with zero attached hydrogens (tertiary/aromatic N) is 4. The van der Waals surface area contributed by atoms with Gasteiger partial charge in [0.2, 0.25) is 10.0 Å². The Morgan fingerprint density at radius 2 is 2.11 bits per heavy atom. The molecular formula is C14H18N6O6S. The third kappa shape index (κ3) is 4.05. The Morgan fingerprint density at radius 1 is 1.37 bits per heavy atom. The van der Waals surface area contributed by atoms with Crippen LogP contribution in [-0.4, -0.2) is 68.3 Å². The fourth-order valence-electron chi connectivity index (χ4n) is 2.82. The summed E-state index contributed by atoms with van der Waals surface area (Å²) >= 11 is 0. The number of H-pyrrole nitrogens is 1. The predicted molar refractivity (Wildman–Crippen MR) is 87.8 cm³/mol. The first kappa shape index (κ1) is 19.2. The van der Waals surface area contributed by atoms with Gasteiger partial charge in [0.1, 0.15) is 18.4 Å². The molecule has 0 radical (unpaired) electrons. The largest absolute Gasteiger partial charge is 0.486 e. The van der Waals surface area contributed by atoms with Crippen LogP contribution in [0.1, 0.15) is 18.7 Å². The Labute approximate surface area is 154 Å². The van der Waals surface area contributed by atoms with Gasteiger partial charge in [-0.05, 0) is 47.5 Å². The predicted octanol–water partition coefficient (Wildman–Crippen LogP) is -1.20. The molecule has 2 heterocycles. The highest BCUT2D eigenvalue weighted by molar-refractivity contribution is 7.89. The summed E-state index contributed by atoms with van der Waals surface area (Å²) < 4.78 is 32.1. The van der Waals surface area contributed by atoms with Gasteiger partial charge in [-0.1, -0.05) is 0 Å². The summed E-state index contributed by atoms with van der Waals surface area (Å²) in [6.45, 7) is 0.129. The molecule has 3 rings (SSSR count). The third-order valence-electron chi connectivity index (χ3n) is 4.13. The number of sulfonamides is 1. The van der Waals surface area contributed by atoms with Crippen LogP contribution in [0.25, 0.3) is 0 Å². The van der Waals surface area contributed by atoms with E-state index in [4.69, 9.17) is 9.94 Å². The highest BCUT2D eigenvalue weighted by Crippen LogP contribution is 2.27. The van der Waals surface area contributed by atoms with E-state index in [0.29, 0.717) is 18.0 Å². The number of aromatic amines is 1. The molecular weight excluding hydrogens is 380 g/mol. The average Bonchev–Trinajstić information content (AvgIpc) is 3.19. The van der Waals surface area contributed by atoms with Crippen molar-refractivity contribution in [3.8, 4) is 5.75 Å². The minimum Gasteiger partial charge on any atom is -0.486 e. The van der Waals surface area contributed by atoms with Gasteiger partial charge in [0.15, 0.2) is 5.82 Å². The molecule has 1 aromatic heterocycles. The Bertz CT molecular complexity index is 872. The van der Waals surface area contributed by atoms with Crippen molar-refractivity contribution >= 4 is 15.9 Å². The second-order valence-electron chi connectivity index (χ2n) is 5.85. The van der Waals surface area contributed by atoms with Crippen molar-refractivity contribution < 1.29 is 28.3 Å². The van der Waals surface area contributed by atoms with Crippen LogP contribution in [0.15, 0.2) is 29.2 Å². The maximum Gasteiger partial charge on any atom is 0.264 e. The second kappa shape index (κ2) is 7.96. The topological polar surface area (TPSA) is 171 Å². The van der Waals surface area contributed by atoms with Crippen molar-refractivity contribution in [2.75, 3.05) is 6.54 Å². The van der Waals surface area contributed by atoms with Gasteiger partial charge in [-0.3, -0.25) is 10.0 Å². The normalized spacial score (nSPS) is 21.0. The molecule has 1 aliphatic heterocycles. The molecule has 0 spiro atoms. The van der Waals surface area contributed by atoms with Crippen LogP contribution >= 0.6 is 0 Å². The number of hydrogen-bond acceptors (Lipinski definition) is 9. The number of piperidine rings is 1. The minimum atomic E-state index is -4.07. The van der Waals surface area contributed by atoms with E-state index in [-0.39, 0.29) is 24.5 Å². The maximum atomic E-state index is 12.9. The Hall–Kier alpha value is -2.61. The smallest absolute Gasteiger partial charge is 0.264 e. The lowest BCUT2D eigenvalue weighted by Gasteiger charge is -2.36. The zero-order valence-electron chi connectivity index (χ0n) is 14.0. The average molecular weight is 398 g/mol. The summed E-state index contributed by atoms with van der Waals surface area (Å²) in [5.41, 5.74) is 1.41. The zero-order chi connectivity index (χ0) is 19.4. The number of tetrazole rings is 1. The van der Waals surface area contributed by atoms with Gasteiger partial charge in [-0.25, -0.2) is 19.0 Å². The first-order valence-corrected chi connectivity index (χ1v) is 9.47. The van der Waals surface area contributed by atoms with Crippen LogP contribution in [0.5, 0.6) is 5.75 Å². The number of hydroxylamine groups is 1. The molecule has 0 bridgehead atoms. The van der Waals surface area contributed by atoms with E-state index in [1.165, 1.54) is 29.7 Å². The first-order chi connectivity index (χ1) is 12.9. The SMILES string of the molecule is O=C(NO)C1[C@@H](O)CCCN1S(=O)(=O)c1ccc(OCc2nnn[nH]2)cc1. The highest BCUT2D eigenvalue weighted by atomic mass is 32.2. The fraction of sp³-hybridized carbons (Fsp3) is 0.429. The number of amides is 1. The molecule has 0 saturated carbocycles. The Morgan fingerprint density at radius 3 is 2.74 bits per heavy atom. The number of aliphatic hydroxyl groups excluding tert-OH is 1. The van der Waals surface area contributed by atoms with Gasteiger partial charge in [0.05, 0.1) is 11.0 Å². The number of nitrogens with one attached hydrogen (secondary N) is 2. The van der Waals surface area contributed by atoms with Crippen molar-refractivity contribution in [1.82, 2.24) is 30.4 Å². The van der Waals surface area contributed by atoms with E-state index in [9.17, 15) is 18.3 Å². The molecule has 0 aliphatic carbocycles. The van der Waals surface area contributed by atoms with E-state index >= 15 is 0 Å². The van der Waals surface area contributed by atoms with E-state index in [1.807, 2.05) is 0 Å². The van der Waals surface area contributed by atoms with Gasteiger partial charge >= 0.3 is 0 Å². The summed E-state index contributed by atoms with van der Waals surface area (Å²) in [5, 5.41) is 31.9. The first-order valence-electron chi connectivity index (χ1n) is 8.03. The quantitative estimate of drug-likeness (QED) is 0.344. The van der Waals surface area contributed by atoms with Crippen molar-refractivity contribution in [2.45, 2.75) is 36.5 Å². The number of benzene rings is 1. The third-order valence-corrected chi connectivity index (χ3v) is 6.02. The van der Waals surface area contributed by atoms with E-state index in [2.05, 4.69) is 20.6 Å². The van der Waals surface area contributed by atoms with Crippen molar-refractivity contribution in [2.24, 2.45) is 0 Å². The molecule has 1 fully saturated rings. The number of aromatic nitrogens is 4. The molecule has 1 aliphatic rings. The minimum absolute atomic E-state index is 0.0498. The molecule has 2 atom stereocenters. The van der Waals surface area contributed by atoms with Gasteiger partial charge in [0.25, 0.3) is 5.91 Å². The van der Waals surface area contributed by atoms with Gasteiger partial charge < -0.3 is 9.84 Å². The monoisotopic (exact) mass is 398 g/mol. The fourth-order valence-corrected chi connectivity index (χ4v) is 4.48. The summed E-state index contributed by atoms with van der Waals surface area (Å²) in [6, 6.07) is 4.18. The van der Waals surface area contributed by atoms with Crippen LogP contribution in [0.4, 0.5) is 0 Å². The number of ether oxygens (including phenoxy) is 1. The highest BCUT2D eigenvalue weighted by Gasteiger charge is 2.42. The molecule has 27 heavy (non-hydrogen) atoms. The summed E-state index contributed by atoms with van der Waals surface area (Å²) in [7, 11) is -4.07. The van der Waals surface area contributed by atoms with E-state index in [0.717, 1.165) is 4.31 Å². The lowest BCUT2D eigenvalue weighted by Crippen LogP contribution is -2.57. The number of carbonyl (C=O) groups is 1. The Balaban J connectivity index is 1.78. The van der Waals surface area contributed by atoms with Crippen molar-refractivity contribution in [3.63, 3.8) is 0 Å². The molecule has 12 nitrogen and oxygen atoms in total. The summed E-state index contributed by atoms with van der Waals surface area (Å²) in [5.74, 6) is -0.174. The van der Waals surface area contributed by atoms with Crippen LogP contribution in [0, 0.1) is 0 Å². The molecule has 1 amide bonds. The standard InChI is InChI=1S/C14H18N6O6S/c21-11-2-1-7-20(13(11)14(22)17-23)27(24,25)10-5-3-9(4-6-10)26-8-12-15-18-19-16-12/h3-6,11,13,21,23H,1-2,7-8H2,(H,17,22)(H,15,16,18,19)/t11-,13?/m0/s1. The molecule has 4 N–H and O–H groups in total. The Kier molecular flexibility index (Phi) is 5.65. The molecule has 1 saturated heterocycles. The lowest BCUT2D eigenvalue weighted by molar-refractivity contribution is -0.138. The lowest BCUT2D eigenvalue weighted by atomic mass is 10.0. The molecule has 146 valence electrons. The molecule has 2 aromatic rings. The van der Waals surface area contributed by atoms with Crippen molar-refractivity contribution in [1.29, 1.82) is 0 Å². The number of aliphatic hydroxyl groups is 1.